The summed E-state index contributed by atoms with van der Waals surface area (Å²) in [5.41, 5.74) is -0.226. The largest absolute Gasteiger partial charge is 0.378 e. The second-order valence-corrected chi connectivity index (χ2v) is 7.30. The van der Waals surface area contributed by atoms with Gasteiger partial charge in [0, 0.05) is 18.9 Å². The Bertz CT molecular complexity index is 535. The zero-order valence-electron chi connectivity index (χ0n) is 13.6. The van der Waals surface area contributed by atoms with Crippen LogP contribution in [0.2, 0.25) is 0 Å². The number of rotatable bonds is 5. The second kappa shape index (κ2) is 6.24. The van der Waals surface area contributed by atoms with Crippen LogP contribution < -0.4 is 5.32 Å². The summed E-state index contributed by atoms with van der Waals surface area (Å²) in [4.78, 5) is 19.4. The van der Waals surface area contributed by atoms with Crippen molar-refractivity contribution in [2.45, 2.75) is 50.7 Å². The molecule has 2 saturated heterocycles. The maximum Gasteiger partial charge on any atom is 0.228 e. The van der Waals surface area contributed by atoms with Crippen molar-refractivity contribution in [2.75, 3.05) is 26.3 Å². The number of carbonyl (C=O) groups excluding carboxylic acids is 1. The van der Waals surface area contributed by atoms with Crippen LogP contribution in [0.3, 0.4) is 0 Å². The van der Waals surface area contributed by atoms with Gasteiger partial charge in [0.15, 0.2) is 0 Å². The standard InChI is InChI=1S/C17H26N4O2/c22-16(17(4-5-17)12-20-9-6-18-13-20)19-14-10-23-11-15(14)21-7-2-1-3-8-21/h6,9,13-15H,1-5,7-8,10-12H2,(H,19,22)/t14-,15-/m0/s1. The Morgan fingerprint density at radius 2 is 2.09 bits per heavy atom. The van der Waals surface area contributed by atoms with Gasteiger partial charge in [-0.3, -0.25) is 9.69 Å². The predicted octanol–water partition coefficient (Wildman–Crippen LogP) is 1.03. The van der Waals surface area contributed by atoms with Crippen molar-refractivity contribution in [2.24, 2.45) is 5.41 Å². The Balaban J connectivity index is 1.37. The van der Waals surface area contributed by atoms with Gasteiger partial charge in [0.1, 0.15) is 0 Å². The van der Waals surface area contributed by atoms with Crippen molar-refractivity contribution in [3.63, 3.8) is 0 Å². The maximum absolute atomic E-state index is 12.8. The first-order valence-corrected chi connectivity index (χ1v) is 8.85. The third-order valence-corrected chi connectivity index (χ3v) is 5.61. The fourth-order valence-corrected chi connectivity index (χ4v) is 3.95. The first kappa shape index (κ1) is 15.1. The van der Waals surface area contributed by atoms with E-state index < -0.39 is 0 Å². The fourth-order valence-electron chi connectivity index (χ4n) is 3.95. The van der Waals surface area contributed by atoms with Crippen molar-refractivity contribution in [3.05, 3.63) is 18.7 Å². The lowest BCUT2D eigenvalue weighted by molar-refractivity contribution is -0.128. The smallest absolute Gasteiger partial charge is 0.228 e. The molecule has 23 heavy (non-hydrogen) atoms. The van der Waals surface area contributed by atoms with Gasteiger partial charge in [0.2, 0.25) is 5.91 Å². The SMILES string of the molecule is O=C(N[C@H]1COC[C@@H]1N1CCCCC1)C1(Cn2ccnc2)CC1. The highest BCUT2D eigenvalue weighted by atomic mass is 16.5. The maximum atomic E-state index is 12.8. The van der Waals surface area contributed by atoms with E-state index in [1.54, 1.807) is 12.5 Å². The van der Waals surface area contributed by atoms with Gasteiger partial charge < -0.3 is 14.6 Å². The van der Waals surface area contributed by atoms with Crippen LogP contribution in [0.1, 0.15) is 32.1 Å². The lowest BCUT2D eigenvalue weighted by Crippen LogP contribution is -2.54. The predicted molar refractivity (Wildman–Crippen MR) is 85.9 cm³/mol. The van der Waals surface area contributed by atoms with E-state index in [9.17, 15) is 4.79 Å². The highest BCUT2D eigenvalue weighted by Crippen LogP contribution is 2.47. The summed E-state index contributed by atoms with van der Waals surface area (Å²) in [6, 6.07) is 0.490. The Hall–Kier alpha value is -1.40. The summed E-state index contributed by atoms with van der Waals surface area (Å²) >= 11 is 0. The van der Waals surface area contributed by atoms with Crippen molar-refractivity contribution < 1.29 is 9.53 Å². The summed E-state index contributed by atoms with van der Waals surface area (Å²) in [5, 5.41) is 3.30. The van der Waals surface area contributed by atoms with Gasteiger partial charge in [-0.05, 0) is 38.8 Å². The average Bonchev–Trinajstić information content (AvgIpc) is 2.98. The minimum absolute atomic E-state index is 0.140. The molecular formula is C17H26N4O2. The molecule has 6 heteroatoms. The number of piperidine rings is 1. The van der Waals surface area contributed by atoms with E-state index in [1.807, 2.05) is 10.8 Å². The molecule has 3 fully saturated rings. The molecule has 6 nitrogen and oxygen atoms in total. The molecule has 1 aromatic rings. The molecule has 0 radical (unpaired) electrons. The number of likely N-dealkylation sites (tertiary alicyclic amines) is 1. The summed E-state index contributed by atoms with van der Waals surface area (Å²) in [5.74, 6) is 0.198. The van der Waals surface area contributed by atoms with Crippen molar-refractivity contribution in [3.8, 4) is 0 Å². The molecule has 0 unspecified atom stereocenters. The number of nitrogens with one attached hydrogen (secondary N) is 1. The monoisotopic (exact) mass is 318 g/mol. The van der Waals surface area contributed by atoms with Gasteiger partial charge in [0.05, 0.1) is 37.0 Å². The number of amides is 1. The van der Waals surface area contributed by atoms with Crippen molar-refractivity contribution in [1.29, 1.82) is 0 Å². The molecule has 1 aliphatic carbocycles. The summed E-state index contributed by atoms with van der Waals surface area (Å²) < 4.78 is 7.70. The van der Waals surface area contributed by atoms with Crippen LogP contribution in [-0.2, 0) is 16.1 Å². The van der Waals surface area contributed by atoms with Crippen LogP contribution in [0.5, 0.6) is 0 Å². The van der Waals surface area contributed by atoms with E-state index in [0.717, 1.165) is 39.1 Å². The molecule has 1 N–H and O–H groups in total. The molecule has 1 saturated carbocycles. The zero-order valence-corrected chi connectivity index (χ0v) is 13.6. The lowest BCUT2D eigenvalue weighted by Gasteiger charge is -2.35. The van der Waals surface area contributed by atoms with Gasteiger partial charge in [-0.1, -0.05) is 6.42 Å². The molecule has 1 aromatic heterocycles. The molecule has 0 aromatic carbocycles. The van der Waals surface area contributed by atoms with Gasteiger partial charge >= 0.3 is 0 Å². The quantitative estimate of drug-likeness (QED) is 0.881. The molecule has 4 rings (SSSR count). The lowest BCUT2D eigenvalue weighted by atomic mass is 10.0. The second-order valence-electron chi connectivity index (χ2n) is 7.30. The summed E-state index contributed by atoms with van der Waals surface area (Å²) in [7, 11) is 0. The molecule has 0 bridgehead atoms. The molecule has 1 amide bonds. The third kappa shape index (κ3) is 3.15. The highest BCUT2D eigenvalue weighted by molar-refractivity contribution is 5.85. The number of hydrogen-bond donors (Lipinski definition) is 1. The first-order valence-electron chi connectivity index (χ1n) is 8.85. The Labute approximate surface area is 137 Å². The molecule has 126 valence electrons. The summed E-state index contributed by atoms with van der Waals surface area (Å²) in [6.45, 7) is 4.41. The van der Waals surface area contributed by atoms with Crippen LogP contribution in [0.25, 0.3) is 0 Å². The molecule has 3 aliphatic rings. The normalized spacial score (nSPS) is 30.3. The minimum Gasteiger partial charge on any atom is -0.378 e. The van der Waals surface area contributed by atoms with Crippen LogP contribution in [0.15, 0.2) is 18.7 Å². The van der Waals surface area contributed by atoms with Crippen molar-refractivity contribution in [1.82, 2.24) is 19.8 Å². The first-order chi connectivity index (χ1) is 11.3. The van der Waals surface area contributed by atoms with Crippen LogP contribution in [-0.4, -0.2) is 58.7 Å². The van der Waals surface area contributed by atoms with Gasteiger partial charge in [-0.25, -0.2) is 4.98 Å². The van der Waals surface area contributed by atoms with Gasteiger partial charge in [0.25, 0.3) is 0 Å². The Kier molecular flexibility index (Phi) is 4.11. The number of hydrogen-bond acceptors (Lipinski definition) is 4. The average molecular weight is 318 g/mol. The summed E-state index contributed by atoms with van der Waals surface area (Å²) in [6.07, 6.45) is 11.3. The molecule has 0 spiro atoms. The van der Waals surface area contributed by atoms with E-state index in [0.29, 0.717) is 12.6 Å². The van der Waals surface area contributed by atoms with E-state index in [2.05, 4.69) is 15.2 Å². The highest BCUT2D eigenvalue weighted by Gasteiger charge is 2.51. The molecule has 3 heterocycles. The third-order valence-electron chi connectivity index (χ3n) is 5.61. The van der Waals surface area contributed by atoms with Gasteiger partial charge in [-0.15, -0.1) is 0 Å². The number of aromatic nitrogens is 2. The molecule has 2 aliphatic heterocycles. The van der Waals surface area contributed by atoms with Crippen molar-refractivity contribution >= 4 is 5.91 Å². The van der Waals surface area contributed by atoms with E-state index >= 15 is 0 Å². The molecule has 2 atom stereocenters. The number of carbonyl (C=O) groups is 1. The van der Waals surface area contributed by atoms with Gasteiger partial charge in [-0.2, -0.15) is 0 Å². The number of nitrogens with zero attached hydrogens (tertiary/aromatic N) is 3. The Morgan fingerprint density at radius 1 is 1.26 bits per heavy atom. The van der Waals surface area contributed by atoms with E-state index in [4.69, 9.17) is 4.74 Å². The minimum atomic E-state index is -0.226. The number of ether oxygens (including phenoxy) is 1. The van der Waals surface area contributed by atoms with Crippen LogP contribution >= 0.6 is 0 Å². The zero-order chi connectivity index (χ0) is 15.7. The fraction of sp³-hybridized carbons (Fsp3) is 0.765. The van der Waals surface area contributed by atoms with E-state index in [1.165, 1.54) is 19.3 Å². The topological polar surface area (TPSA) is 59.4 Å². The van der Waals surface area contributed by atoms with Crippen LogP contribution in [0.4, 0.5) is 0 Å². The van der Waals surface area contributed by atoms with E-state index in [-0.39, 0.29) is 17.4 Å². The molecular weight excluding hydrogens is 292 g/mol. The van der Waals surface area contributed by atoms with Crippen LogP contribution in [0, 0.1) is 5.41 Å². The number of imidazole rings is 1. The Morgan fingerprint density at radius 3 is 2.78 bits per heavy atom.